The summed E-state index contributed by atoms with van der Waals surface area (Å²) in [5.74, 6) is 0.842. The van der Waals surface area contributed by atoms with E-state index in [-0.39, 0.29) is 5.91 Å². The van der Waals surface area contributed by atoms with Gasteiger partial charge in [0.1, 0.15) is 5.82 Å². The van der Waals surface area contributed by atoms with Crippen LogP contribution in [0.1, 0.15) is 32.9 Å². The molecule has 3 rings (SSSR count). The molecule has 0 saturated carbocycles. The fourth-order valence-corrected chi connectivity index (χ4v) is 3.45. The Labute approximate surface area is 133 Å². The molecule has 0 aliphatic heterocycles. The summed E-state index contributed by atoms with van der Waals surface area (Å²) in [5.41, 5.74) is 2.07. The first kappa shape index (κ1) is 14.7. The maximum atomic E-state index is 12.2. The topological polar surface area (TPSA) is 59.3 Å². The molecule has 6 heteroatoms. The van der Waals surface area contributed by atoms with Crippen LogP contribution in [0.25, 0.3) is 5.65 Å². The van der Waals surface area contributed by atoms with Gasteiger partial charge in [0.2, 0.25) is 0 Å². The lowest BCUT2D eigenvalue weighted by molar-refractivity contribution is 0.0958. The smallest absolute Gasteiger partial charge is 0.261 e. The lowest BCUT2D eigenvalue weighted by atomic mass is 10.2. The van der Waals surface area contributed by atoms with Crippen molar-refractivity contribution < 1.29 is 4.79 Å². The third-order valence-corrected chi connectivity index (χ3v) is 4.74. The minimum atomic E-state index is -0.0124. The van der Waals surface area contributed by atoms with Crippen LogP contribution >= 0.6 is 11.3 Å². The second kappa shape index (κ2) is 6.27. The molecule has 22 heavy (non-hydrogen) atoms. The van der Waals surface area contributed by atoms with Gasteiger partial charge in [-0.2, -0.15) is 0 Å². The average molecular weight is 314 g/mol. The quantitative estimate of drug-likeness (QED) is 0.787. The molecule has 114 valence electrons. The molecule has 3 heterocycles. The van der Waals surface area contributed by atoms with Crippen molar-refractivity contribution in [2.75, 3.05) is 6.54 Å². The predicted octanol–water partition coefficient (Wildman–Crippen LogP) is 2.63. The van der Waals surface area contributed by atoms with E-state index in [1.807, 2.05) is 34.9 Å². The maximum absolute atomic E-state index is 12.2. The van der Waals surface area contributed by atoms with Crippen molar-refractivity contribution in [3.05, 3.63) is 51.6 Å². The number of nitrogens with zero attached hydrogens (tertiary/aromatic N) is 3. The van der Waals surface area contributed by atoms with Crippen LogP contribution < -0.4 is 5.32 Å². The summed E-state index contributed by atoms with van der Waals surface area (Å²) in [6, 6.07) is 7.77. The van der Waals surface area contributed by atoms with Gasteiger partial charge >= 0.3 is 0 Å². The van der Waals surface area contributed by atoms with Gasteiger partial charge in [-0.3, -0.25) is 9.20 Å². The molecule has 0 unspecified atom stereocenters. The molecule has 3 aromatic heterocycles. The molecule has 1 amide bonds. The summed E-state index contributed by atoms with van der Waals surface area (Å²) < 4.78 is 1.94. The number of hydrogen-bond acceptors (Lipinski definition) is 4. The van der Waals surface area contributed by atoms with Crippen molar-refractivity contribution in [3.63, 3.8) is 0 Å². The second-order valence-corrected chi connectivity index (χ2v) is 6.35. The molecule has 0 bridgehead atoms. The zero-order valence-corrected chi connectivity index (χ0v) is 13.5. The van der Waals surface area contributed by atoms with Gasteiger partial charge in [-0.05, 0) is 37.1 Å². The highest BCUT2D eigenvalue weighted by Crippen LogP contribution is 2.21. The molecule has 0 atom stereocenters. The van der Waals surface area contributed by atoms with Crippen molar-refractivity contribution in [2.24, 2.45) is 0 Å². The van der Waals surface area contributed by atoms with Crippen LogP contribution in [0, 0.1) is 6.92 Å². The Morgan fingerprint density at radius 3 is 3.00 bits per heavy atom. The summed E-state index contributed by atoms with van der Waals surface area (Å²) in [5, 5.41) is 11.2. The van der Waals surface area contributed by atoms with E-state index in [9.17, 15) is 4.79 Å². The maximum Gasteiger partial charge on any atom is 0.261 e. The second-order valence-electron chi connectivity index (χ2n) is 5.10. The van der Waals surface area contributed by atoms with E-state index in [2.05, 4.69) is 29.4 Å². The number of nitrogens with one attached hydrogen (secondary N) is 1. The zero-order valence-electron chi connectivity index (χ0n) is 12.7. The molecule has 0 aliphatic rings. The number of pyridine rings is 1. The lowest BCUT2D eigenvalue weighted by Crippen LogP contribution is -2.25. The Morgan fingerprint density at radius 1 is 1.36 bits per heavy atom. The standard InChI is InChI=1S/C16H18N4OS/c1-3-12-10-13(22-11(12)2)16(21)17-8-7-15-19-18-14-6-4-5-9-20(14)15/h4-6,9-10H,3,7-8H2,1-2H3,(H,17,21). The van der Waals surface area contributed by atoms with Crippen molar-refractivity contribution in [1.29, 1.82) is 0 Å². The van der Waals surface area contributed by atoms with E-state index in [1.165, 1.54) is 10.4 Å². The van der Waals surface area contributed by atoms with Crippen LogP contribution in [0.4, 0.5) is 0 Å². The molecule has 5 nitrogen and oxygen atoms in total. The van der Waals surface area contributed by atoms with E-state index in [1.54, 1.807) is 11.3 Å². The highest BCUT2D eigenvalue weighted by molar-refractivity contribution is 7.14. The Hall–Kier alpha value is -2.21. The molecular weight excluding hydrogens is 296 g/mol. The van der Waals surface area contributed by atoms with Crippen LogP contribution in [0.15, 0.2) is 30.5 Å². The van der Waals surface area contributed by atoms with Gasteiger partial charge in [-0.15, -0.1) is 21.5 Å². The van der Waals surface area contributed by atoms with Gasteiger partial charge in [0.15, 0.2) is 5.65 Å². The highest BCUT2D eigenvalue weighted by Gasteiger charge is 2.12. The summed E-state index contributed by atoms with van der Waals surface area (Å²) in [7, 11) is 0. The molecule has 0 fully saturated rings. The number of thiophene rings is 1. The van der Waals surface area contributed by atoms with Gasteiger partial charge in [-0.1, -0.05) is 13.0 Å². The average Bonchev–Trinajstić information content (AvgIpc) is 3.11. The first-order chi connectivity index (χ1) is 10.7. The van der Waals surface area contributed by atoms with Gasteiger partial charge in [-0.25, -0.2) is 0 Å². The summed E-state index contributed by atoms with van der Waals surface area (Å²) in [6.45, 7) is 4.71. The summed E-state index contributed by atoms with van der Waals surface area (Å²) in [4.78, 5) is 14.2. The molecule has 0 saturated heterocycles. The molecule has 1 N–H and O–H groups in total. The number of carbonyl (C=O) groups excluding carboxylic acids is 1. The van der Waals surface area contributed by atoms with Gasteiger partial charge < -0.3 is 5.32 Å². The Kier molecular flexibility index (Phi) is 4.20. The molecule has 3 aromatic rings. The van der Waals surface area contributed by atoms with Gasteiger partial charge in [0.25, 0.3) is 5.91 Å². The predicted molar refractivity (Wildman–Crippen MR) is 87.5 cm³/mol. The van der Waals surface area contributed by atoms with Crippen LogP contribution in [0.3, 0.4) is 0 Å². The Morgan fingerprint density at radius 2 is 2.23 bits per heavy atom. The van der Waals surface area contributed by atoms with Crippen LogP contribution in [-0.4, -0.2) is 27.0 Å². The van der Waals surface area contributed by atoms with Gasteiger partial charge in [0, 0.05) is 24.0 Å². The number of amides is 1. The number of fused-ring (bicyclic) bond motifs is 1. The van der Waals surface area contributed by atoms with Crippen LogP contribution in [0.5, 0.6) is 0 Å². The minimum Gasteiger partial charge on any atom is -0.351 e. The van der Waals surface area contributed by atoms with E-state index >= 15 is 0 Å². The van der Waals surface area contributed by atoms with E-state index < -0.39 is 0 Å². The highest BCUT2D eigenvalue weighted by atomic mass is 32.1. The van der Waals surface area contributed by atoms with Crippen molar-refractivity contribution in [2.45, 2.75) is 26.7 Å². The molecule has 0 radical (unpaired) electrons. The summed E-state index contributed by atoms with van der Waals surface area (Å²) >= 11 is 1.55. The van der Waals surface area contributed by atoms with E-state index in [0.717, 1.165) is 22.8 Å². The SMILES string of the molecule is CCc1cc(C(=O)NCCc2nnc3ccccn23)sc1C. The molecular formula is C16H18N4OS. The Bertz CT molecular complexity index is 805. The number of hydrogen-bond donors (Lipinski definition) is 1. The van der Waals surface area contributed by atoms with Crippen molar-refractivity contribution in [3.8, 4) is 0 Å². The zero-order chi connectivity index (χ0) is 15.5. The van der Waals surface area contributed by atoms with E-state index in [4.69, 9.17) is 0 Å². The first-order valence-corrected chi connectivity index (χ1v) is 8.17. The molecule has 0 aromatic carbocycles. The lowest BCUT2D eigenvalue weighted by Gasteiger charge is -2.02. The van der Waals surface area contributed by atoms with Gasteiger partial charge in [0.05, 0.1) is 4.88 Å². The molecule has 0 aliphatic carbocycles. The minimum absolute atomic E-state index is 0.0124. The summed E-state index contributed by atoms with van der Waals surface area (Å²) in [6.07, 6.45) is 3.55. The number of carbonyl (C=O) groups is 1. The number of aryl methyl sites for hydroxylation is 2. The third-order valence-electron chi connectivity index (χ3n) is 3.64. The fraction of sp³-hybridized carbons (Fsp3) is 0.312. The number of rotatable bonds is 5. The van der Waals surface area contributed by atoms with Crippen molar-refractivity contribution in [1.82, 2.24) is 19.9 Å². The normalized spacial score (nSPS) is 11.0. The van der Waals surface area contributed by atoms with E-state index in [0.29, 0.717) is 13.0 Å². The Balaban J connectivity index is 1.61. The molecule has 0 spiro atoms. The fourth-order valence-electron chi connectivity index (χ4n) is 2.42. The largest absolute Gasteiger partial charge is 0.351 e. The van der Waals surface area contributed by atoms with Crippen LogP contribution in [0.2, 0.25) is 0 Å². The first-order valence-electron chi connectivity index (χ1n) is 7.35. The van der Waals surface area contributed by atoms with Crippen molar-refractivity contribution >= 4 is 22.9 Å². The van der Waals surface area contributed by atoms with Crippen LogP contribution in [-0.2, 0) is 12.8 Å². The monoisotopic (exact) mass is 314 g/mol. The third kappa shape index (κ3) is 2.87. The number of aromatic nitrogens is 3.